The van der Waals surface area contributed by atoms with E-state index in [-0.39, 0.29) is 0 Å². The third-order valence-corrected chi connectivity index (χ3v) is 5.42. The molecule has 0 saturated carbocycles. The fraction of sp³-hybridized carbons (Fsp3) is 0.667. The van der Waals surface area contributed by atoms with Crippen molar-refractivity contribution in [2.75, 3.05) is 19.7 Å². The van der Waals surface area contributed by atoms with Crippen LogP contribution in [0.2, 0.25) is 0 Å². The molecule has 2 nitrogen and oxygen atoms in total. The average molecular weight is 273 g/mol. The third-order valence-electron chi connectivity index (χ3n) is 5.42. The molecule has 2 saturated heterocycles. The molecule has 3 unspecified atom stereocenters. The molecule has 0 aromatic heterocycles. The van der Waals surface area contributed by atoms with E-state index in [1.807, 2.05) is 0 Å². The van der Waals surface area contributed by atoms with Gasteiger partial charge in [0.15, 0.2) is 0 Å². The molecule has 2 heteroatoms. The molecule has 3 rings (SSSR count). The summed E-state index contributed by atoms with van der Waals surface area (Å²) in [6.45, 7) is 5.58. The first-order chi connectivity index (χ1) is 9.82. The van der Waals surface area contributed by atoms with Crippen molar-refractivity contribution in [2.45, 2.75) is 45.1 Å². The Bertz CT molecular complexity index is 415. The summed E-state index contributed by atoms with van der Waals surface area (Å²) in [5.41, 5.74) is 2.00. The summed E-state index contributed by atoms with van der Waals surface area (Å²) in [6, 6.07) is 11.0. The van der Waals surface area contributed by atoms with E-state index in [0.717, 1.165) is 18.9 Å². The van der Waals surface area contributed by atoms with E-state index in [4.69, 9.17) is 4.74 Å². The van der Waals surface area contributed by atoms with Crippen LogP contribution in [0.4, 0.5) is 0 Å². The number of hydrogen-bond donors (Lipinski definition) is 1. The number of benzene rings is 1. The van der Waals surface area contributed by atoms with Crippen LogP contribution in [0.3, 0.4) is 0 Å². The Morgan fingerprint density at radius 3 is 2.90 bits per heavy atom. The van der Waals surface area contributed by atoms with Gasteiger partial charge >= 0.3 is 0 Å². The first-order valence-electron chi connectivity index (χ1n) is 8.19. The number of hydrogen-bond acceptors (Lipinski definition) is 2. The molecule has 0 radical (unpaired) electrons. The van der Waals surface area contributed by atoms with Gasteiger partial charge in [-0.3, -0.25) is 0 Å². The fourth-order valence-corrected chi connectivity index (χ4v) is 4.12. The minimum Gasteiger partial charge on any atom is -0.378 e. The number of piperidine rings is 1. The Morgan fingerprint density at radius 1 is 1.25 bits per heavy atom. The molecule has 2 aliphatic rings. The Hall–Kier alpha value is -0.860. The Balaban J connectivity index is 1.76. The van der Waals surface area contributed by atoms with Crippen LogP contribution < -0.4 is 5.32 Å². The van der Waals surface area contributed by atoms with Crippen molar-refractivity contribution in [3.05, 3.63) is 35.9 Å². The van der Waals surface area contributed by atoms with Gasteiger partial charge in [0.05, 0.1) is 6.10 Å². The van der Waals surface area contributed by atoms with Crippen molar-refractivity contribution >= 4 is 0 Å². The Kier molecular flexibility index (Phi) is 4.42. The van der Waals surface area contributed by atoms with Gasteiger partial charge in [-0.25, -0.2) is 0 Å². The second kappa shape index (κ2) is 6.28. The summed E-state index contributed by atoms with van der Waals surface area (Å²) in [6.07, 6.45) is 6.70. The molecule has 2 aliphatic heterocycles. The smallest absolute Gasteiger partial charge is 0.0578 e. The fourth-order valence-electron chi connectivity index (χ4n) is 4.12. The van der Waals surface area contributed by atoms with Crippen LogP contribution in [-0.4, -0.2) is 25.8 Å². The van der Waals surface area contributed by atoms with Gasteiger partial charge in [-0.2, -0.15) is 0 Å². The van der Waals surface area contributed by atoms with Crippen molar-refractivity contribution in [1.82, 2.24) is 5.32 Å². The second-order valence-corrected chi connectivity index (χ2v) is 6.56. The lowest BCUT2D eigenvalue weighted by Crippen LogP contribution is -2.50. The molecule has 1 N–H and O–H groups in total. The zero-order chi connectivity index (χ0) is 13.8. The number of rotatable bonds is 3. The highest BCUT2D eigenvalue weighted by Gasteiger charge is 2.43. The second-order valence-electron chi connectivity index (χ2n) is 6.56. The molecule has 110 valence electrons. The lowest BCUT2D eigenvalue weighted by Gasteiger charge is -2.49. The van der Waals surface area contributed by atoms with Crippen LogP contribution in [-0.2, 0) is 11.2 Å². The average Bonchev–Trinajstić information content (AvgIpc) is 2.51. The van der Waals surface area contributed by atoms with Crippen molar-refractivity contribution in [3.63, 3.8) is 0 Å². The molecule has 20 heavy (non-hydrogen) atoms. The monoisotopic (exact) mass is 273 g/mol. The predicted octanol–water partition coefficient (Wildman–Crippen LogP) is 3.41. The highest BCUT2D eigenvalue weighted by molar-refractivity contribution is 5.16. The van der Waals surface area contributed by atoms with E-state index in [1.165, 1.54) is 44.3 Å². The maximum absolute atomic E-state index is 5.93. The van der Waals surface area contributed by atoms with Crippen LogP contribution >= 0.6 is 0 Å². The SMILES string of the molecule is CCC1CC2(CCNCC2Cc2ccccc2)CCO1. The summed E-state index contributed by atoms with van der Waals surface area (Å²) >= 11 is 0. The topological polar surface area (TPSA) is 21.3 Å². The maximum Gasteiger partial charge on any atom is 0.0578 e. The van der Waals surface area contributed by atoms with Gasteiger partial charge in [-0.15, -0.1) is 0 Å². The normalized spacial score (nSPS) is 34.2. The molecule has 1 spiro atoms. The van der Waals surface area contributed by atoms with Crippen LogP contribution in [0.15, 0.2) is 30.3 Å². The van der Waals surface area contributed by atoms with Crippen LogP contribution in [0, 0.1) is 11.3 Å². The van der Waals surface area contributed by atoms with Crippen molar-refractivity contribution in [3.8, 4) is 0 Å². The van der Waals surface area contributed by atoms with Crippen molar-refractivity contribution < 1.29 is 4.74 Å². The molecule has 0 bridgehead atoms. The lowest BCUT2D eigenvalue weighted by molar-refractivity contribution is -0.0834. The Labute approximate surface area is 122 Å². The van der Waals surface area contributed by atoms with Crippen molar-refractivity contribution in [1.29, 1.82) is 0 Å². The maximum atomic E-state index is 5.93. The van der Waals surface area contributed by atoms with Crippen LogP contribution in [0.1, 0.15) is 38.2 Å². The van der Waals surface area contributed by atoms with E-state index < -0.39 is 0 Å². The van der Waals surface area contributed by atoms with E-state index in [9.17, 15) is 0 Å². The quantitative estimate of drug-likeness (QED) is 0.911. The number of nitrogens with one attached hydrogen (secondary N) is 1. The largest absolute Gasteiger partial charge is 0.378 e. The van der Waals surface area contributed by atoms with E-state index in [1.54, 1.807) is 0 Å². The highest BCUT2D eigenvalue weighted by Crippen LogP contribution is 2.46. The molecular weight excluding hydrogens is 246 g/mol. The lowest BCUT2D eigenvalue weighted by atomic mass is 9.63. The van der Waals surface area contributed by atoms with Crippen molar-refractivity contribution in [2.24, 2.45) is 11.3 Å². The minimum absolute atomic E-state index is 0.486. The predicted molar refractivity (Wildman–Crippen MR) is 82.8 cm³/mol. The molecule has 0 aliphatic carbocycles. The molecule has 0 amide bonds. The van der Waals surface area contributed by atoms with Gasteiger partial charge in [-0.05, 0) is 62.1 Å². The summed E-state index contributed by atoms with van der Waals surface area (Å²) in [5.74, 6) is 0.761. The van der Waals surface area contributed by atoms with E-state index in [2.05, 4.69) is 42.6 Å². The zero-order valence-electron chi connectivity index (χ0n) is 12.6. The zero-order valence-corrected chi connectivity index (χ0v) is 12.6. The standard InChI is InChI=1S/C18H27NO/c1-2-17-13-18(9-11-20-17)8-10-19-14-16(18)12-15-6-4-3-5-7-15/h3-7,16-17,19H,2,8-14H2,1H3. The van der Waals surface area contributed by atoms with Gasteiger partial charge in [0.25, 0.3) is 0 Å². The molecule has 1 aromatic carbocycles. The summed E-state index contributed by atoms with van der Waals surface area (Å²) in [7, 11) is 0. The summed E-state index contributed by atoms with van der Waals surface area (Å²) in [5, 5.41) is 3.62. The molecule has 2 fully saturated rings. The van der Waals surface area contributed by atoms with E-state index >= 15 is 0 Å². The first-order valence-corrected chi connectivity index (χ1v) is 8.19. The van der Waals surface area contributed by atoms with Gasteiger partial charge in [0.2, 0.25) is 0 Å². The first kappa shape index (κ1) is 14.1. The molecular formula is C18H27NO. The third kappa shape index (κ3) is 2.91. The van der Waals surface area contributed by atoms with Crippen LogP contribution in [0.5, 0.6) is 0 Å². The van der Waals surface area contributed by atoms with Gasteiger partial charge in [-0.1, -0.05) is 37.3 Å². The Morgan fingerprint density at radius 2 is 2.10 bits per heavy atom. The minimum atomic E-state index is 0.486. The van der Waals surface area contributed by atoms with Gasteiger partial charge < -0.3 is 10.1 Å². The number of ether oxygens (including phenoxy) is 1. The molecule has 2 heterocycles. The molecule has 3 atom stereocenters. The summed E-state index contributed by atoms with van der Waals surface area (Å²) < 4.78 is 5.93. The summed E-state index contributed by atoms with van der Waals surface area (Å²) in [4.78, 5) is 0. The van der Waals surface area contributed by atoms with Gasteiger partial charge in [0.1, 0.15) is 0 Å². The van der Waals surface area contributed by atoms with Gasteiger partial charge in [0, 0.05) is 6.61 Å². The highest BCUT2D eigenvalue weighted by atomic mass is 16.5. The van der Waals surface area contributed by atoms with E-state index in [0.29, 0.717) is 11.5 Å². The van der Waals surface area contributed by atoms with Crippen LogP contribution in [0.25, 0.3) is 0 Å². The molecule has 1 aromatic rings.